The third-order valence-electron chi connectivity index (χ3n) is 4.95. The van der Waals surface area contributed by atoms with Gasteiger partial charge in [-0.15, -0.1) is 0 Å². The Bertz CT molecular complexity index is 949. The molecule has 2 heterocycles. The molecule has 0 fully saturated rings. The normalized spacial score (nSPS) is 11.5. The molecule has 0 N–H and O–H groups in total. The molecule has 148 valence electrons. The number of nitrogens with zero attached hydrogens (tertiary/aromatic N) is 6. The molecule has 0 aliphatic carbocycles. The summed E-state index contributed by atoms with van der Waals surface area (Å²) in [4.78, 5) is 3.53. The zero-order valence-electron chi connectivity index (χ0n) is 18.1. The van der Waals surface area contributed by atoms with E-state index < -0.39 is 0 Å². The summed E-state index contributed by atoms with van der Waals surface area (Å²) >= 11 is 0. The fraction of sp³-hybridized carbons (Fsp3) is 0.455. The molecular formula is C22H30N6. The average Bonchev–Trinajstić information content (AvgIpc) is 3.20. The fourth-order valence-corrected chi connectivity index (χ4v) is 2.84. The minimum Gasteiger partial charge on any atom is -0.181 e. The molecule has 0 aliphatic heterocycles. The molecule has 0 amide bonds. The largest absolute Gasteiger partial charge is 0.181 e. The summed E-state index contributed by atoms with van der Waals surface area (Å²) in [5, 5.41) is 17.7. The average molecular weight is 379 g/mol. The zero-order chi connectivity index (χ0) is 20.6. The molecule has 0 atom stereocenters. The third kappa shape index (κ3) is 4.06. The quantitative estimate of drug-likeness (QED) is 0.477. The number of hydrogen-bond acceptors (Lipinski definition) is 4. The van der Waals surface area contributed by atoms with Gasteiger partial charge in [0.25, 0.3) is 0 Å². The second-order valence-corrected chi connectivity index (χ2v) is 8.08. The Hall–Kier alpha value is -2.76. The Morgan fingerprint density at radius 3 is 0.893 bits per heavy atom. The minimum absolute atomic E-state index is 0.322. The SMILES string of the molecule is Cc1cc2nn(C(C)C)nc2cc1C.Cc1cc2nn(C(C)C)nc2cc1C. The number of aromatic nitrogens is 6. The van der Waals surface area contributed by atoms with Gasteiger partial charge >= 0.3 is 0 Å². The van der Waals surface area contributed by atoms with Crippen molar-refractivity contribution < 1.29 is 0 Å². The van der Waals surface area contributed by atoms with E-state index in [0.717, 1.165) is 22.1 Å². The van der Waals surface area contributed by atoms with Crippen molar-refractivity contribution in [1.29, 1.82) is 0 Å². The van der Waals surface area contributed by atoms with Crippen LogP contribution in [-0.2, 0) is 0 Å². The first-order valence-electron chi connectivity index (χ1n) is 9.83. The van der Waals surface area contributed by atoms with Crippen molar-refractivity contribution in [2.75, 3.05) is 0 Å². The number of benzene rings is 2. The molecule has 0 unspecified atom stereocenters. The van der Waals surface area contributed by atoms with E-state index >= 15 is 0 Å². The van der Waals surface area contributed by atoms with E-state index in [1.165, 1.54) is 22.3 Å². The number of fused-ring (bicyclic) bond motifs is 2. The van der Waals surface area contributed by atoms with E-state index in [1.807, 2.05) is 0 Å². The van der Waals surface area contributed by atoms with E-state index in [4.69, 9.17) is 0 Å². The van der Waals surface area contributed by atoms with Crippen LogP contribution in [0.1, 0.15) is 62.0 Å². The lowest BCUT2D eigenvalue weighted by Crippen LogP contribution is -2.03. The lowest BCUT2D eigenvalue weighted by molar-refractivity contribution is 0.472. The molecule has 2 aromatic heterocycles. The summed E-state index contributed by atoms with van der Waals surface area (Å²) < 4.78 is 0. The van der Waals surface area contributed by atoms with Crippen LogP contribution < -0.4 is 0 Å². The lowest BCUT2D eigenvalue weighted by atomic mass is 10.1. The molecule has 0 radical (unpaired) electrons. The molecule has 4 aromatic rings. The van der Waals surface area contributed by atoms with E-state index in [-0.39, 0.29) is 0 Å². The fourth-order valence-electron chi connectivity index (χ4n) is 2.84. The maximum Gasteiger partial charge on any atom is 0.113 e. The highest BCUT2D eigenvalue weighted by atomic mass is 15.5. The van der Waals surface area contributed by atoms with Gasteiger partial charge in [-0.2, -0.15) is 30.0 Å². The van der Waals surface area contributed by atoms with Crippen LogP contribution in [0.4, 0.5) is 0 Å². The van der Waals surface area contributed by atoms with Gasteiger partial charge in [-0.25, -0.2) is 0 Å². The molecule has 0 saturated heterocycles. The lowest BCUT2D eigenvalue weighted by Gasteiger charge is -1.99. The first-order valence-corrected chi connectivity index (χ1v) is 9.83. The number of rotatable bonds is 2. The smallest absolute Gasteiger partial charge is 0.113 e. The van der Waals surface area contributed by atoms with Gasteiger partial charge in [0.15, 0.2) is 0 Å². The highest BCUT2D eigenvalue weighted by molar-refractivity contribution is 5.76. The van der Waals surface area contributed by atoms with Crippen molar-refractivity contribution in [1.82, 2.24) is 30.0 Å². The summed E-state index contributed by atoms with van der Waals surface area (Å²) in [5.74, 6) is 0. The number of aryl methyl sites for hydroxylation is 4. The van der Waals surface area contributed by atoms with Crippen LogP contribution in [0.5, 0.6) is 0 Å². The van der Waals surface area contributed by atoms with Crippen molar-refractivity contribution in [2.45, 2.75) is 67.5 Å². The standard InChI is InChI=1S/2C11H15N3/c2*1-7(2)14-12-10-5-8(3)9(4)6-11(10)13-14/h2*5-7H,1-4H3. The van der Waals surface area contributed by atoms with Gasteiger partial charge in [0, 0.05) is 0 Å². The van der Waals surface area contributed by atoms with Gasteiger partial charge in [0.2, 0.25) is 0 Å². The zero-order valence-corrected chi connectivity index (χ0v) is 18.1. The predicted molar refractivity (Wildman–Crippen MR) is 115 cm³/mol. The van der Waals surface area contributed by atoms with Gasteiger partial charge < -0.3 is 0 Å². The van der Waals surface area contributed by atoms with Crippen LogP contribution in [0.2, 0.25) is 0 Å². The Labute approximate surface area is 166 Å². The van der Waals surface area contributed by atoms with Crippen molar-refractivity contribution in [3.63, 3.8) is 0 Å². The Kier molecular flexibility index (Phi) is 5.49. The molecular weight excluding hydrogens is 348 g/mol. The summed E-state index contributed by atoms with van der Waals surface area (Å²) in [6.45, 7) is 16.7. The predicted octanol–water partition coefficient (Wildman–Crippen LogP) is 5.26. The maximum absolute atomic E-state index is 4.42. The van der Waals surface area contributed by atoms with Crippen LogP contribution in [0.25, 0.3) is 22.1 Å². The molecule has 6 nitrogen and oxygen atoms in total. The summed E-state index contributed by atoms with van der Waals surface area (Å²) in [7, 11) is 0. The molecule has 0 aliphatic rings. The van der Waals surface area contributed by atoms with Gasteiger partial charge in [-0.3, -0.25) is 0 Å². The van der Waals surface area contributed by atoms with E-state index in [0.29, 0.717) is 12.1 Å². The second-order valence-electron chi connectivity index (χ2n) is 8.08. The van der Waals surface area contributed by atoms with Crippen LogP contribution in [0, 0.1) is 27.7 Å². The van der Waals surface area contributed by atoms with E-state index in [1.54, 1.807) is 9.59 Å². The van der Waals surface area contributed by atoms with Gasteiger partial charge in [-0.1, -0.05) is 0 Å². The van der Waals surface area contributed by atoms with Crippen LogP contribution in [0.15, 0.2) is 24.3 Å². The first-order chi connectivity index (χ1) is 13.2. The highest BCUT2D eigenvalue weighted by Crippen LogP contribution is 2.17. The number of hydrogen-bond donors (Lipinski definition) is 0. The minimum atomic E-state index is 0.322. The second kappa shape index (κ2) is 7.70. The van der Waals surface area contributed by atoms with Gasteiger partial charge in [-0.05, 0) is 102 Å². The Morgan fingerprint density at radius 1 is 0.500 bits per heavy atom. The molecule has 28 heavy (non-hydrogen) atoms. The van der Waals surface area contributed by atoms with E-state index in [9.17, 15) is 0 Å². The molecule has 0 bridgehead atoms. The van der Waals surface area contributed by atoms with Crippen LogP contribution in [-0.4, -0.2) is 30.0 Å². The molecule has 2 aromatic carbocycles. The topological polar surface area (TPSA) is 61.4 Å². The molecule has 4 rings (SSSR count). The van der Waals surface area contributed by atoms with Crippen molar-refractivity contribution >= 4 is 22.1 Å². The maximum atomic E-state index is 4.42. The molecule has 0 saturated carbocycles. The van der Waals surface area contributed by atoms with Gasteiger partial charge in [0.05, 0.1) is 12.1 Å². The monoisotopic (exact) mass is 378 g/mol. The highest BCUT2D eigenvalue weighted by Gasteiger charge is 2.07. The third-order valence-corrected chi connectivity index (χ3v) is 4.95. The molecule has 6 heteroatoms. The Morgan fingerprint density at radius 2 is 0.714 bits per heavy atom. The summed E-state index contributed by atoms with van der Waals surface area (Å²) in [6.07, 6.45) is 0. The van der Waals surface area contributed by atoms with Crippen molar-refractivity contribution in [3.05, 3.63) is 46.5 Å². The van der Waals surface area contributed by atoms with Crippen molar-refractivity contribution in [3.8, 4) is 0 Å². The molecule has 0 spiro atoms. The first kappa shape index (κ1) is 20.0. The van der Waals surface area contributed by atoms with Crippen LogP contribution >= 0.6 is 0 Å². The van der Waals surface area contributed by atoms with Crippen LogP contribution in [0.3, 0.4) is 0 Å². The summed E-state index contributed by atoms with van der Waals surface area (Å²) in [5.41, 5.74) is 9.04. The summed E-state index contributed by atoms with van der Waals surface area (Å²) in [6, 6.07) is 9.02. The van der Waals surface area contributed by atoms with Crippen molar-refractivity contribution in [2.24, 2.45) is 0 Å². The Balaban J connectivity index is 0.000000161. The van der Waals surface area contributed by atoms with Gasteiger partial charge in [0.1, 0.15) is 22.1 Å². The van der Waals surface area contributed by atoms with E-state index in [2.05, 4.69) is 100 Å².